The van der Waals surface area contributed by atoms with Gasteiger partial charge in [-0.3, -0.25) is 0 Å². The van der Waals surface area contributed by atoms with Crippen molar-refractivity contribution in [3.8, 4) is 10.8 Å². The third-order valence-electron chi connectivity index (χ3n) is 2.09. The molecule has 19 heavy (non-hydrogen) atoms. The Balaban J connectivity index is 2.49. The maximum Gasteiger partial charge on any atom is 0.437 e. The third-order valence-corrected chi connectivity index (χ3v) is 2.95. The molecule has 4 nitrogen and oxygen atoms in total. The lowest BCUT2D eigenvalue weighted by Gasteiger charge is -2.03. The van der Waals surface area contributed by atoms with Crippen molar-refractivity contribution >= 4 is 17.3 Å². The number of thiophene rings is 1. The predicted molar refractivity (Wildman–Crippen MR) is 60.8 cm³/mol. The Morgan fingerprint density at radius 2 is 2.26 bits per heavy atom. The zero-order valence-electron chi connectivity index (χ0n) is 9.65. The standard InChI is InChI=1S/C11H8F3NO3S/c1-2-17-10(16)7-8(11(12,13)14)15-9(18-7)6-4-3-5-19-6/h3-5H,2H2,1H3. The van der Waals surface area contributed by atoms with Gasteiger partial charge in [0, 0.05) is 0 Å². The lowest BCUT2D eigenvalue weighted by Crippen LogP contribution is -2.14. The highest BCUT2D eigenvalue weighted by molar-refractivity contribution is 7.13. The Morgan fingerprint density at radius 1 is 1.53 bits per heavy atom. The number of alkyl halides is 3. The van der Waals surface area contributed by atoms with Crippen molar-refractivity contribution in [1.82, 2.24) is 4.98 Å². The first-order valence-electron chi connectivity index (χ1n) is 5.22. The minimum Gasteiger partial charge on any atom is -0.460 e. The maximum absolute atomic E-state index is 12.8. The first-order chi connectivity index (χ1) is 8.93. The topological polar surface area (TPSA) is 52.3 Å². The van der Waals surface area contributed by atoms with Crippen LogP contribution in [0.5, 0.6) is 0 Å². The van der Waals surface area contributed by atoms with Gasteiger partial charge < -0.3 is 9.15 Å². The number of hydrogen-bond donors (Lipinski definition) is 0. The van der Waals surface area contributed by atoms with E-state index in [9.17, 15) is 18.0 Å². The van der Waals surface area contributed by atoms with Crippen LogP contribution in [0, 0.1) is 0 Å². The number of carbonyl (C=O) groups is 1. The molecule has 2 aromatic rings. The number of oxazole rings is 1. The molecule has 0 saturated heterocycles. The molecule has 0 saturated carbocycles. The van der Waals surface area contributed by atoms with Crippen molar-refractivity contribution < 1.29 is 27.1 Å². The van der Waals surface area contributed by atoms with E-state index >= 15 is 0 Å². The van der Waals surface area contributed by atoms with Crippen molar-refractivity contribution in [1.29, 1.82) is 0 Å². The van der Waals surface area contributed by atoms with Gasteiger partial charge in [0.15, 0.2) is 5.69 Å². The fourth-order valence-corrected chi connectivity index (χ4v) is 2.00. The van der Waals surface area contributed by atoms with E-state index in [-0.39, 0.29) is 12.5 Å². The van der Waals surface area contributed by atoms with E-state index in [0.29, 0.717) is 4.88 Å². The number of esters is 1. The second-order valence-electron chi connectivity index (χ2n) is 3.39. The van der Waals surface area contributed by atoms with E-state index in [0.717, 1.165) is 11.3 Å². The summed E-state index contributed by atoms with van der Waals surface area (Å²) >= 11 is 1.16. The molecule has 0 unspecified atom stereocenters. The molecule has 0 radical (unpaired) electrons. The SMILES string of the molecule is CCOC(=O)c1oc(-c2cccs2)nc1C(F)(F)F. The summed E-state index contributed by atoms with van der Waals surface area (Å²) in [6.07, 6.45) is -4.78. The molecule has 0 aliphatic carbocycles. The van der Waals surface area contributed by atoms with Crippen molar-refractivity contribution in [2.45, 2.75) is 13.1 Å². The smallest absolute Gasteiger partial charge is 0.437 e. The van der Waals surface area contributed by atoms with Crippen LogP contribution < -0.4 is 0 Å². The quantitative estimate of drug-likeness (QED) is 0.811. The van der Waals surface area contributed by atoms with Gasteiger partial charge in [0.2, 0.25) is 11.7 Å². The van der Waals surface area contributed by atoms with E-state index in [2.05, 4.69) is 9.72 Å². The Labute approximate surface area is 109 Å². The lowest BCUT2D eigenvalue weighted by molar-refractivity contribution is -0.141. The molecule has 2 aromatic heterocycles. The van der Waals surface area contributed by atoms with Crippen LogP contribution in [-0.4, -0.2) is 17.6 Å². The molecule has 0 amide bonds. The molecule has 0 aliphatic rings. The van der Waals surface area contributed by atoms with Crippen LogP contribution in [0.25, 0.3) is 10.8 Å². The van der Waals surface area contributed by atoms with Gasteiger partial charge in [0.1, 0.15) is 0 Å². The van der Waals surface area contributed by atoms with Gasteiger partial charge in [-0.15, -0.1) is 11.3 Å². The minimum absolute atomic E-state index is 0.0504. The number of carbonyl (C=O) groups excluding carboxylic acids is 1. The van der Waals surface area contributed by atoms with Crippen LogP contribution in [0.4, 0.5) is 13.2 Å². The summed E-state index contributed by atoms with van der Waals surface area (Å²) in [4.78, 5) is 15.2. The first-order valence-corrected chi connectivity index (χ1v) is 6.10. The molecule has 2 heterocycles. The largest absolute Gasteiger partial charge is 0.460 e. The Kier molecular flexibility index (Phi) is 3.61. The molecular formula is C11H8F3NO3S. The number of hydrogen-bond acceptors (Lipinski definition) is 5. The van der Waals surface area contributed by atoms with E-state index < -0.39 is 23.6 Å². The van der Waals surface area contributed by atoms with Gasteiger partial charge in [-0.05, 0) is 18.4 Å². The van der Waals surface area contributed by atoms with Crippen molar-refractivity contribution in [2.24, 2.45) is 0 Å². The van der Waals surface area contributed by atoms with Gasteiger partial charge in [0.25, 0.3) is 0 Å². The monoisotopic (exact) mass is 291 g/mol. The van der Waals surface area contributed by atoms with Crippen molar-refractivity contribution in [2.75, 3.05) is 6.61 Å². The zero-order valence-corrected chi connectivity index (χ0v) is 10.5. The highest BCUT2D eigenvalue weighted by Gasteiger charge is 2.42. The summed E-state index contributed by atoms with van der Waals surface area (Å²) in [6.45, 7) is 1.44. The van der Waals surface area contributed by atoms with E-state index in [1.165, 1.54) is 6.92 Å². The molecular weight excluding hydrogens is 283 g/mol. The summed E-state index contributed by atoms with van der Waals surface area (Å²) in [5.41, 5.74) is -1.37. The molecule has 0 aliphatic heterocycles. The van der Waals surface area contributed by atoms with E-state index in [1.807, 2.05) is 0 Å². The summed E-state index contributed by atoms with van der Waals surface area (Å²) < 4.78 is 47.8. The van der Waals surface area contributed by atoms with Gasteiger partial charge in [0.05, 0.1) is 11.5 Å². The average molecular weight is 291 g/mol. The van der Waals surface area contributed by atoms with Gasteiger partial charge in [-0.1, -0.05) is 6.07 Å². The van der Waals surface area contributed by atoms with Crippen LogP contribution in [0.1, 0.15) is 23.2 Å². The molecule has 0 fully saturated rings. The highest BCUT2D eigenvalue weighted by Crippen LogP contribution is 2.35. The Bertz CT molecular complexity index is 575. The summed E-state index contributed by atoms with van der Waals surface area (Å²) in [6, 6.07) is 3.19. The summed E-state index contributed by atoms with van der Waals surface area (Å²) in [7, 11) is 0. The zero-order chi connectivity index (χ0) is 14.0. The van der Waals surface area contributed by atoms with Gasteiger partial charge in [-0.25, -0.2) is 9.78 Å². The second-order valence-corrected chi connectivity index (χ2v) is 4.34. The van der Waals surface area contributed by atoms with E-state index in [4.69, 9.17) is 4.42 Å². The molecule has 2 rings (SSSR count). The molecule has 0 aromatic carbocycles. The Hall–Kier alpha value is -1.83. The predicted octanol–water partition coefficient (Wildman–Crippen LogP) is 3.60. The second kappa shape index (κ2) is 5.04. The molecule has 0 atom stereocenters. The van der Waals surface area contributed by atoms with Crippen LogP contribution in [0.2, 0.25) is 0 Å². The molecule has 0 N–H and O–H groups in total. The number of aromatic nitrogens is 1. The normalized spacial score (nSPS) is 11.6. The maximum atomic E-state index is 12.8. The van der Waals surface area contributed by atoms with Gasteiger partial charge in [-0.2, -0.15) is 13.2 Å². The van der Waals surface area contributed by atoms with E-state index in [1.54, 1.807) is 17.5 Å². The summed E-state index contributed by atoms with van der Waals surface area (Å²) in [5.74, 6) is -2.34. The third kappa shape index (κ3) is 2.78. The lowest BCUT2D eigenvalue weighted by atomic mass is 10.3. The number of halogens is 3. The fourth-order valence-electron chi connectivity index (χ4n) is 1.35. The highest BCUT2D eigenvalue weighted by atomic mass is 32.1. The number of nitrogens with zero attached hydrogens (tertiary/aromatic N) is 1. The van der Waals surface area contributed by atoms with Crippen LogP contribution >= 0.6 is 11.3 Å². The number of ether oxygens (including phenoxy) is 1. The van der Waals surface area contributed by atoms with Gasteiger partial charge >= 0.3 is 12.1 Å². The molecule has 8 heteroatoms. The number of rotatable bonds is 3. The molecule has 102 valence electrons. The van der Waals surface area contributed by atoms with Crippen molar-refractivity contribution in [3.63, 3.8) is 0 Å². The average Bonchev–Trinajstić information content (AvgIpc) is 2.97. The van der Waals surface area contributed by atoms with Crippen LogP contribution in [0.15, 0.2) is 21.9 Å². The first kappa shape index (κ1) is 13.6. The van der Waals surface area contributed by atoms with Crippen molar-refractivity contribution in [3.05, 3.63) is 29.0 Å². The van der Waals surface area contributed by atoms with Crippen LogP contribution in [0.3, 0.4) is 0 Å². The van der Waals surface area contributed by atoms with Crippen LogP contribution in [-0.2, 0) is 10.9 Å². The summed E-state index contributed by atoms with van der Waals surface area (Å²) in [5, 5.41) is 1.66. The molecule has 0 spiro atoms. The molecule has 0 bridgehead atoms. The minimum atomic E-state index is -4.78. The Morgan fingerprint density at radius 3 is 2.79 bits per heavy atom. The fraction of sp³-hybridized carbons (Fsp3) is 0.273.